The average molecular weight is 354 g/mol. The Bertz CT molecular complexity index is 817. The molecule has 6 heteroatoms. The Balaban J connectivity index is 1.79. The van der Waals surface area contributed by atoms with E-state index in [0.717, 1.165) is 16.7 Å². The zero-order valence-corrected chi connectivity index (χ0v) is 14.9. The van der Waals surface area contributed by atoms with Crippen LogP contribution in [0.5, 0.6) is 5.75 Å². The highest BCUT2D eigenvalue weighted by Gasteiger charge is 2.26. The lowest BCUT2D eigenvalue weighted by atomic mass is 10.1. The lowest BCUT2D eigenvalue weighted by Crippen LogP contribution is -2.40. The maximum atomic E-state index is 12.8. The normalized spacial score (nSPS) is 16.3. The summed E-state index contributed by atoms with van der Waals surface area (Å²) >= 11 is 0. The van der Waals surface area contributed by atoms with Crippen molar-refractivity contribution >= 4 is 11.8 Å². The summed E-state index contributed by atoms with van der Waals surface area (Å²) in [6.07, 6.45) is 0.338. The van der Waals surface area contributed by atoms with E-state index in [1.54, 1.807) is 28.6 Å². The topological polar surface area (TPSA) is 78.9 Å². The zero-order valence-electron chi connectivity index (χ0n) is 14.9. The number of hydrogen-bond donors (Lipinski definition) is 2. The summed E-state index contributed by atoms with van der Waals surface area (Å²) < 4.78 is 5.79. The molecule has 0 spiro atoms. The Labute approximate surface area is 152 Å². The van der Waals surface area contributed by atoms with Crippen LogP contribution in [0.1, 0.15) is 34.0 Å². The summed E-state index contributed by atoms with van der Waals surface area (Å²) in [6, 6.07) is 12.8. The van der Waals surface area contributed by atoms with Crippen molar-refractivity contribution in [1.29, 1.82) is 0 Å². The minimum Gasteiger partial charge on any atom is -0.491 e. The molecule has 26 heavy (non-hydrogen) atoms. The Hall–Kier alpha value is -2.86. The van der Waals surface area contributed by atoms with E-state index in [1.165, 1.54) is 0 Å². The van der Waals surface area contributed by atoms with E-state index in [4.69, 9.17) is 9.94 Å². The van der Waals surface area contributed by atoms with Gasteiger partial charge in [0.1, 0.15) is 12.4 Å². The number of aryl methyl sites for hydroxylation is 1. The van der Waals surface area contributed by atoms with Gasteiger partial charge in [-0.2, -0.15) is 0 Å². The predicted molar refractivity (Wildman–Crippen MR) is 96.1 cm³/mol. The van der Waals surface area contributed by atoms with Crippen molar-refractivity contribution < 1.29 is 19.5 Å². The number of carbonyl (C=O) groups excluding carboxylic acids is 2. The molecule has 3 rings (SSSR count). The van der Waals surface area contributed by atoms with Gasteiger partial charge in [-0.25, -0.2) is 5.48 Å². The first-order valence-electron chi connectivity index (χ1n) is 8.53. The molecule has 1 aliphatic heterocycles. The van der Waals surface area contributed by atoms with Crippen molar-refractivity contribution in [3.8, 4) is 5.75 Å². The van der Waals surface area contributed by atoms with Gasteiger partial charge in [-0.05, 0) is 31.5 Å². The smallest absolute Gasteiger partial charge is 0.274 e. The van der Waals surface area contributed by atoms with E-state index in [2.05, 4.69) is 0 Å². The molecule has 136 valence electrons. The number of ether oxygens (including phenoxy) is 1. The van der Waals surface area contributed by atoms with Gasteiger partial charge < -0.3 is 9.64 Å². The lowest BCUT2D eigenvalue weighted by Gasteiger charge is -2.26. The van der Waals surface area contributed by atoms with Gasteiger partial charge in [-0.1, -0.05) is 35.9 Å². The summed E-state index contributed by atoms with van der Waals surface area (Å²) in [5.41, 5.74) is 4.89. The molecular weight excluding hydrogens is 332 g/mol. The van der Waals surface area contributed by atoms with Crippen LogP contribution in [0.25, 0.3) is 0 Å². The number of rotatable bonds is 3. The van der Waals surface area contributed by atoms with Crippen LogP contribution in [0.15, 0.2) is 42.5 Å². The molecule has 2 aromatic rings. The third-order valence-electron chi connectivity index (χ3n) is 4.58. The quantitative estimate of drug-likeness (QED) is 0.656. The number of hydrogen-bond acceptors (Lipinski definition) is 4. The van der Waals surface area contributed by atoms with Gasteiger partial charge in [0, 0.05) is 17.7 Å². The Kier molecular flexibility index (Phi) is 5.23. The van der Waals surface area contributed by atoms with E-state index >= 15 is 0 Å². The molecule has 0 saturated heterocycles. The van der Waals surface area contributed by atoms with Crippen molar-refractivity contribution in [2.24, 2.45) is 0 Å². The van der Waals surface area contributed by atoms with Crippen LogP contribution in [0, 0.1) is 6.92 Å². The SMILES string of the molecule is Cc1ccc(CC(=O)N2Cc3ccc(C(=O)NO)cc3OC[C@@H]2C)cc1. The van der Waals surface area contributed by atoms with E-state index < -0.39 is 5.91 Å². The molecule has 0 aromatic heterocycles. The molecule has 2 N–H and O–H groups in total. The van der Waals surface area contributed by atoms with Crippen LogP contribution in [-0.2, 0) is 17.8 Å². The second-order valence-corrected chi connectivity index (χ2v) is 6.61. The van der Waals surface area contributed by atoms with E-state index in [9.17, 15) is 9.59 Å². The number of amides is 2. The van der Waals surface area contributed by atoms with Crippen molar-refractivity contribution in [1.82, 2.24) is 10.4 Å². The van der Waals surface area contributed by atoms with Crippen LogP contribution in [0.3, 0.4) is 0 Å². The van der Waals surface area contributed by atoms with E-state index in [1.807, 2.05) is 38.1 Å². The molecule has 0 saturated carbocycles. The zero-order chi connectivity index (χ0) is 18.7. The van der Waals surface area contributed by atoms with E-state index in [-0.39, 0.29) is 11.9 Å². The van der Waals surface area contributed by atoms with E-state index in [0.29, 0.717) is 30.9 Å². The molecule has 0 bridgehead atoms. The van der Waals surface area contributed by atoms with Gasteiger partial charge in [-0.15, -0.1) is 0 Å². The van der Waals surface area contributed by atoms with Crippen molar-refractivity contribution in [2.45, 2.75) is 32.9 Å². The number of fused-ring (bicyclic) bond motifs is 1. The van der Waals surface area contributed by atoms with Crippen molar-refractivity contribution in [3.05, 3.63) is 64.7 Å². The van der Waals surface area contributed by atoms with Gasteiger partial charge in [0.2, 0.25) is 5.91 Å². The standard InChI is InChI=1S/C20H22N2O4/c1-13-3-5-15(6-4-13)9-19(23)22-11-17-8-7-16(20(24)21-25)10-18(17)26-12-14(22)2/h3-8,10,14,25H,9,11-12H2,1-2H3,(H,21,24)/t14-/m0/s1. The molecular formula is C20H22N2O4. The summed E-state index contributed by atoms with van der Waals surface area (Å²) in [6.45, 7) is 4.72. The lowest BCUT2D eigenvalue weighted by molar-refractivity contribution is -0.133. The molecule has 0 fully saturated rings. The molecule has 6 nitrogen and oxygen atoms in total. The first kappa shape index (κ1) is 17.9. The van der Waals surface area contributed by atoms with Gasteiger partial charge in [0.25, 0.3) is 5.91 Å². The second kappa shape index (κ2) is 7.58. The molecule has 0 aliphatic carbocycles. The van der Waals surface area contributed by atoms with Gasteiger partial charge in [0.05, 0.1) is 12.5 Å². The molecule has 2 aromatic carbocycles. The number of hydroxylamine groups is 1. The van der Waals surface area contributed by atoms with Crippen LogP contribution in [-0.4, -0.2) is 34.6 Å². The first-order valence-corrected chi connectivity index (χ1v) is 8.53. The van der Waals surface area contributed by atoms with Crippen LogP contribution in [0.4, 0.5) is 0 Å². The maximum absolute atomic E-state index is 12.8. The number of benzene rings is 2. The highest BCUT2D eigenvalue weighted by atomic mass is 16.5. The van der Waals surface area contributed by atoms with Gasteiger partial charge in [0.15, 0.2) is 0 Å². The van der Waals surface area contributed by atoms with Crippen LogP contribution >= 0.6 is 0 Å². The van der Waals surface area contributed by atoms with Gasteiger partial charge in [-0.3, -0.25) is 14.8 Å². The summed E-state index contributed by atoms with van der Waals surface area (Å²) in [7, 11) is 0. The van der Waals surface area contributed by atoms with Crippen molar-refractivity contribution in [3.63, 3.8) is 0 Å². The number of carbonyl (C=O) groups is 2. The fourth-order valence-electron chi connectivity index (χ4n) is 2.98. The highest BCUT2D eigenvalue weighted by molar-refractivity contribution is 5.93. The number of nitrogens with zero attached hydrogens (tertiary/aromatic N) is 1. The van der Waals surface area contributed by atoms with Crippen LogP contribution in [0.2, 0.25) is 0 Å². The third-order valence-corrected chi connectivity index (χ3v) is 4.58. The number of nitrogens with one attached hydrogen (secondary N) is 1. The fraction of sp³-hybridized carbons (Fsp3) is 0.300. The summed E-state index contributed by atoms with van der Waals surface area (Å²) in [5.74, 6) is -0.000402. The monoisotopic (exact) mass is 354 g/mol. The van der Waals surface area contributed by atoms with Gasteiger partial charge >= 0.3 is 0 Å². The predicted octanol–water partition coefficient (Wildman–Crippen LogP) is 2.47. The molecule has 1 heterocycles. The molecule has 0 unspecified atom stereocenters. The molecule has 1 aliphatic rings. The summed E-state index contributed by atoms with van der Waals surface area (Å²) in [5, 5.41) is 8.77. The second-order valence-electron chi connectivity index (χ2n) is 6.61. The molecule has 0 radical (unpaired) electrons. The minimum atomic E-state index is -0.596. The van der Waals surface area contributed by atoms with Crippen molar-refractivity contribution in [2.75, 3.05) is 6.61 Å². The largest absolute Gasteiger partial charge is 0.491 e. The Morgan fingerprint density at radius 2 is 1.96 bits per heavy atom. The summed E-state index contributed by atoms with van der Waals surface area (Å²) in [4.78, 5) is 26.2. The maximum Gasteiger partial charge on any atom is 0.274 e. The Morgan fingerprint density at radius 3 is 2.65 bits per heavy atom. The third kappa shape index (κ3) is 3.86. The molecule has 1 atom stereocenters. The van der Waals surface area contributed by atoms with Crippen LogP contribution < -0.4 is 10.2 Å². The highest BCUT2D eigenvalue weighted by Crippen LogP contribution is 2.27. The average Bonchev–Trinajstić information content (AvgIpc) is 2.81. The Morgan fingerprint density at radius 1 is 1.23 bits per heavy atom. The first-order chi connectivity index (χ1) is 12.5. The minimum absolute atomic E-state index is 0.0370. The fourth-order valence-corrected chi connectivity index (χ4v) is 2.98. The molecule has 2 amide bonds.